The Labute approximate surface area is 69.5 Å². The van der Waals surface area contributed by atoms with E-state index >= 15 is 0 Å². The molecule has 0 atom stereocenters. The lowest BCUT2D eigenvalue weighted by Crippen LogP contribution is -1.85. The summed E-state index contributed by atoms with van der Waals surface area (Å²) in [6.07, 6.45) is 6.04. The van der Waals surface area contributed by atoms with Gasteiger partial charge >= 0.3 is 0 Å². The average molecular weight is 154 g/mol. The molecule has 0 aliphatic carbocycles. The molecule has 0 rings (SSSR count). The predicted molar refractivity (Wildman–Crippen MR) is 48.5 cm³/mol. The van der Waals surface area contributed by atoms with Crippen LogP contribution in [0, 0.1) is 5.92 Å². The van der Waals surface area contributed by atoms with Crippen LogP contribution in [-0.4, -0.2) is 6.29 Å². The van der Waals surface area contributed by atoms with Crippen LogP contribution in [0.25, 0.3) is 0 Å². The minimum atomic E-state index is 0.595. The summed E-state index contributed by atoms with van der Waals surface area (Å²) in [6.45, 7) is 6.43. The highest BCUT2D eigenvalue weighted by atomic mass is 16.1. The van der Waals surface area contributed by atoms with Crippen molar-refractivity contribution in [3.05, 3.63) is 11.6 Å². The van der Waals surface area contributed by atoms with Crippen molar-refractivity contribution in [2.45, 2.75) is 40.0 Å². The maximum absolute atomic E-state index is 10.1. The van der Waals surface area contributed by atoms with Gasteiger partial charge < -0.3 is 4.79 Å². The van der Waals surface area contributed by atoms with Crippen LogP contribution in [0.5, 0.6) is 0 Å². The van der Waals surface area contributed by atoms with Crippen molar-refractivity contribution in [3.63, 3.8) is 0 Å². The highest BCUT2D eigenvalue weighted by Crippen LogP contribution is 2.07. The van der Waals surface area contributed by atoms with E-state index in [4.69, 9.17) is 0 Å². The number of aldehydes is 1. The van der Waals surface area contributed by atoms with Crippen molar-refractivity contribution in [3.8, 4) is 0 Å². The van der Waals surface area contributed by atoms with E-state index in [1.165, 1.54) is 12.0 Å². The molecule has 0 fully saturated rings. The number of hydrogen-bond acceptors (Lipinski definition) is 1. The van der Waals surface area contributed by atoms with Crippen LogP contribution < -0.4 is 0 Å². The average Bonchev–Trinajstić information content (AvgIpc) is 1.87. The van der Waals surface area contributed by atoms with Crippen LogP contribution in [0.1, 0.15) is 40.0 Å². The minimum absolute atomic E-state index is 0.595. The van der Waals surface area contributed by atoms with Crippen LogP contribution in [-0.2, 0) is 4.79 Å². The number of carbonyl (C=O) groups is 1. The largest absolute Gasteiger partial charge is 0.303 e. The molecule has 1 nitrogen and oxygen atoms in total. The van der Waals surface area contributed by atoms with Gasteiger partial charge in [0.2, 0.25) is 0 Å². The molecular formula is C10H18O. The van der Waals surface area contributed by atoms with Gasteiger partial charge in [0.05, 0.1) is 0 Å². The van der Waals surface area contributed by atoms with E-state index in [0.29, 0.717) is 6.42 Å². The fourth-order valence-corrected chi connectivity index (χ4v) is 0.878. The molecule has 0 bridgehead atoms. The summed E-state index contributed by atoms with van der Waals surface area (Å²) in [5.41, 5.74) is 1.20. The second-order valence-electron chi connectivity index (χ2n) is 3.39. The van der Waals surface area contributed by atoms with Crippen LogP contribution in [0.15, 0.2) is 11.6 Å². The van der Waals surface area contributed by atoms with Gasteiger partial charge in [0, 0.05) is 6.42 Å². The summed E-state index contributed by atoms with van der Waals surface area (Å²) in [6, 6.07) is 0. The zero-order valence-corrected chi connectivity index (χ0v) is 7.76. The van der Waals surface area contributed by atoms with Crippen LogP contribution in [0.4, 0.5) is 0 Å². The molecule has 0 saturated carbocycles. The van der Waals surface area contributed by atoms with Crippen molar-refractivity contribution in [1.29, 1.82) is 0 Å². The Bertz CT molecular complexity index is 134. The fourth-order valence-electron chi connectivity index (χ4n) is 0.878. The molecule has 1 heteroatoms. The lowest BCUT2D eigenvalue weighted by atomic mass is 10.1. The lowest BCUT2D eigenvalue weighted by Gasteiger charge is -2.00. The summed E-state index contributed by atoms with van der Waals surface area (Å²) in [5, 5.41) is 0. The molecule has 0 saturated heterocycles. The monoisotopic (exact) mass is 154 g/mol. The van der Waals surface area contributed by atoms with E-state index in [-0.39, 0.29) is 0 Å². The third-order valence-electron chi connectivity index (χ3n) is 1.64. The first-order valence-electron chi connectivity index (χ1n) is 4.26. The van der Waals surface area contributed by atoms with Crippen LogP contribution in [0.2, 0.25) is 0 Å². The number of hydrogen-bond donors (Lipinski definition) is 0. The van der Waals surface area contributed by atoms with Gasteiger partial charge in [-0.1, -0.05) is 25.5 Å². The first kappa shape index (κ1) is 10.4. The first-order chi connectivity index (χ1) is 5.16. The second-order valence-corrected chi connectivity index (χ2v) is 3.39. The summed E-state index contributed by atoms with van der Waals surface area (Å²) in [7, 11) is 0. The van der Waals surface area contributed by atoms with E-state index in [2.05, 4.69) is 19.9 Å². The topological polar surface area (TPSA) is 17.1 Å². The maximum Gasteiger partial charge on any atom is 0.124 e. The van der Waals surface area contributed by atoms with Gasteiger partial charge in [0.25, 0.3) is 0 Å². The minimum Gasteiger partial charge on any atom is -0.303 e. The van der Waals surface area contributed by atoms with Crippen LogP contribution >= 0.6 is 0 Å². The third-order valence-corrected chi connectivity index (χ3v) is 1.64. The number of allylic oxidation sites excluding steroid dienone is 2. The standard InChI is InChI=1S/C10H18O/c1-9(2)5-4-6-10(3)7-8-11/h6,8-9H,4-5,7H2,1-3H3/b10-6+. The Hall–Kier alpha value is -0.590. The van der Waals surface area contributed by atoms with Crippen molar-refractivity contribution in [2.24, 2.45) is 5.92 Å². The SMILES string of the molecule is C/C(=C\CCC(C)C)CC=O. The van der Waals surface area contributed by atoms with Crippen molar-refractivity contribution >= 4 is 6.29 Å². The van der Waals surface area contributed by atoms with Gasteiger partial charge in [0.1, 0.15) is 6.29 Å². The van der Waals surface area contributed by atoms with Crippen molar-refractivity contribution in [2.75, 3.05) is 0 Å². The predicted octanol–water partition coefficient (Wildman–Crippen LogP) is 2.96. The van der Waals surface area contributed by atoms with E-state index < -0.39 is 0 Å². The summed E-state index contributed by atoms with van der Waals surface area (Å²) < 4.78 is 0. The maximum atomic E-state index is 10.1. The molecule has 0 spiro atoms. The molecule has 0 aliphatic heterocycles. The van der Waals surface area contributed by atoms with Gasteiger partial charge in [-0.15, -0.1) is 0 Å². The van der Waals surface area contributed by atoms with E-state index in [9.17, 15) is 4.79 Å². The molecule has 0 amide bonds. The zero-order chi connectivity index (χ0) is 8.69. The van der Waals surface area contributed by atoms with Gasteiger partial charge in [-0.3, -0.25) is 0 Å². The highest BCUT2D eigenvalue weighted by Gasteiger charge is 1.91. The third kappa shape index (κ3) is 7.31. The normalized spacial score (nSPS) is 12.2. The zero-order valence-electron chi connectivity index (χ0n) is 7.76. The summed E-state index contributed by atoms with van der Waals surface area (Å²) >= 11 is 0. The fraction of sp³-hybridized carbons (Fsp3) is 0.700. The molecule has 0 aromatic rings. The number of rotatable bonds is 5. The Morgan fingerprint density at radius 3 is 2.55 bits per heavy atom. The van der Waals surface area contributed by atoms with Crippen molar-refractivity contribution in [1.82, 2.24) is 0 Å². The van der Waals surface area contributed by atoms with Gasteiger partial charge in [0.15, 0.2) is 0 Å². The van der Waals surface area contributed by atoms with Crippen LogP contribution in [0.3, 0.4) is 0 Å². The molecule has 0 unspecified atom stereocenters. The van der Waals surface area contributed by atoms with E-state index in [0.717, 1.165) is 18.6 Å². The van der Waals surface area contributed by atoms with Gasteiger partial charge in [-0.2, -0.15) is 0 Å². The Balaban J connectivity index is 3.47. The van der Waals surface area contributed by atoms with Gasteiger partial charge in [-0.25, -0.2) is 0 Å². The molecule has 0 aliphatic rings. The molecule has 0 aromatic carbocycles. The summed E-state index contributed by atoms with van der Waals surface area (Å²) in [4.78, 5) is 10.1. The molecule has 0 N–H and O–H groups in total. The van der Waals surface area contributed by atoms with Gasteiger partial charge in [-0.05, 0) is 25.7 Å². The van der Waals surface area contributed by atoms with E-state index in [1.807, 2.05) is 6.92 Å². The highest BCUT2D eigenvalue weighted by molar-refractivity contribution is 5.53. The smallest absolute Gasteiger partial charge is 0.124 e. The second kappa shape index (κ2) is 6.14. The molecule has 0 radical (unpaired) electrons. The molecule has 64 valence electrons. The molecular weight excluding hydrogens is 136 g/mol. The summed E-state index contributed by atoms with van der Waals surface area (Å²) in [5.74, 6) is 0.760. The lowest BCUT2D eigenvalue weighted by molar-refractivity contribution is -0.107. The Morgan fingerprint density at radius 1 is 1.45 bits per heavy atom. The van der Waals surface area contributed by atoms with E-state index in [1.54, 1.807) is 0 Å². The molecule has 0 heterocycles. The number of carbonyl (C=O) groups excluding carboxylic acids is 1. The Kier molecular flexibility index (Phi) is 5.81. The van der Waals surface area contributed by atoms with Crippen molar-refractivity contribution < 1.29 is 4.79 Å². The molecule has 0 aromatic heterocycles. The Morgan fingerprint density at radius 2 is 2.09 bits per heavy atom. The molecule has 11 heavy (non-hydrogen) atoms. The quantitative estimate of drug-likeness (QED) is 0.439. The first-order valence-corrected chi connectivity index (χ1v) is 4.26.